The Balaban J connectivity index is 1.67. The van der Waals surface area contributed by atoms with Gasteiger partial charge in [0, 0.05) is 12.6 Å². The quantitative estimate of drug-likeness (QED) is 0.815. The smallest absolute Gasteiger partial charge is 0.0576 e. The van der Waals surface area contributed by atoms with Crippen molar-refractivity contribution in [2.24, 2.45) is 17.1 Å². The van der Waals surface area contributed by atoms with E-state index < -0.39 is 0 Å². The van der Waals surface area contributed by atoms with Crippen LogP contribution in [0.5, 0.6) is 0 Å². The van der Waals surface area contributed by atoms with Crippen molar-refractivity contribution in [3.63, 3.8) is 0 Å². The van der Waals surface area contributed by atoms with Crippen molar-refractivity contribution in [1.29, 1.82) is 0 Å². The summed E-state index contributed by atoms with van der Waals surface area (Å²) in [5, 5.41) is 0. The summed E-state index contributed by atoms with van der Waals surface area (Å²) in [6.45, 7) is 5.75. The van der Waals surface area contributed by atoms with Crippen LogP contribution in [0.2, 0.25) is 0 Å². The maximum Gasteiger partial charge on any atom is 0.0576 e. The summed E-state index contributed by atoms with van der Waals surface area (Å²) in [5.74, 6) is 0.768. The molecule has 1 aliphatic heterocycles. The molecular formula is C15H29NO. The Morgan fingerprint density at radius 3 is 2.53 bits per heavy atom. The molecule has 2 atom stereocenters. The molecule has 100 valence electrons. The summed E-state index contributed by atoms with van der Waals surface area (Å²) in [4.78, 5) is 0. The highest BCUT2D eigenvalue weighted by Gasteiger charge is 2.30. The van der Waals surface area contributed by atoms with Crippen LogP contribution in [-0.2, 0) is 4.74 Å². The van der Waals surface area contributed by atoms with E-state index in [1.165, 1.54) is 44.9 Å². The Morgan fingerprint density at radius 2 is 1.94 bits per heavy atom. The molecule has 2 nitrogen and oxygen atoms in total. The highest BCUT2D eigenvalue weighted by atomic mass is 16.5. The van der Waals surface area contributed by atoms with Crippen LogP contribution in [0.25, 0.3) is 0 Å². The Kier molecular flexibility index (Phi) is 4.48. The van der Waals surface area contributed by atoms with Crippen molar-refractivity contribution in [1.82, 2.24) is 0 Å². The molecule has 17 heavy (non-hydrogen) atoms. The van der Waals surface area contributed by atoms with E-state index in [1.807, 2.05) is 0 Å². The fourth-order valence-corrected chi connectivity index (χ4v) is 3.34. The molecule has 0 aromatic heterocycles. The van der Waals surface area contributed by atoms with Gasteiger partial charge in [-0.2, -0.15) is 0 Å². The van der Waals surface area contributed by atoms with Crippen LogP contribution in [0.15, 0.2) is 0 Å². The Hall–Kier alpha value is -0.0800. The molecule has 2 aliphatic rings. The van der Waals surface area contributed by atoms with E-state index in [4.69, 9.17) is 10.5 Å². The highest BCUT2D eigenvalue weighted by Crippen LogP contribution is 2.39. The van der Waals surface area contributed by atoms with Crippen molar-refractivity contribution in [3.05, 3.63) is 0 Å². The molecule has 1 heterocycles. The first kappa shape index (κ1) is 13.4. The number of hydrogen-bond acceptors (Lipinski definition) is 2. The van der Waals surface area contributed by atoms with Gasteiger partial charge in [-0.3, -0.25) is 0 Å². The molecule has 0 amide bonds. The molecule has 0 aromatic rings. The van der Waals surface area contributed by atoms with Crippen molar-refractivity contribution in [2.75, 3.05) is 6.61 Å². The molecule has 1 saturated heterocycles. The summed E-state index contributed by atoms with van der Waals surface area (Å²) >= 11 is 0. The van der Waals surface area contributed by atoms with Crippen molar-refractivity contribution >= 4 is 0 Å². The minimum atomic E-state index is 0.412. The van der Waals surface area contributed by atoms with Crippen LogP contribution in [0.4, 0.5) is 0 Å². The van der Waals surface area contributed by atoms with E-state index in [9.17, 15) is 0 Å². The van der Waals surface area contributed by atoms with Crippen molar-refractivity contribution < 1.29 is 4.74 Å². The molecule has 2 unspecified atom stereocenters. The zero-order valence-corrected chi connectivity index (χ0v) is 11.6. The predicted octanol–water partition coefficient (Wildman–Crippen LogP) is 3.49. The Labute approximate surface area is 106 Å². The lowest BCUT2D eigenvalue weighted by molar-refractivity contribution is 0.0950. The monoisotopic (exact) mass is 239 g/mol. The molecule has 2 heteroatoms. The van der Waals surface area contributed by atoms with Gasteiger partial charge in [0.2, 0.25) is 0 Å². The third-order valence-corrected chi connectivity index (χ3v) is 4.84. The van der Waals surface area contributed by atoms with Crippen LogP contribution >= 0.6 is 0 Å². The zero-order chi connectivity index (χ0) is 12.3. The van der Waals surface area contributed by atoms with E-state index in [0.29, 0.717) is 17.6 Å². The SMILES string of the molecule is CC1(C)CCC(C(N)CCC2CCCO2)CC1. The molecule has 0 spiro atoms. The van der Waals surface area contributed by atoms with Crippen LogP contribution in [0.1, 0.15) is 65.2 Å². The number of ether oxygens (including phenoxy) is 1. The molecule has 2 fully saturated rings. The largest absolute Gasteiger partial charge is 0.378 e. The third kappa shape index (κ3) is 3.96. The summed E-state index contributed by atoms with van der Waals surface area (Å²) in [5.41, 5.74) is 6.92. The fraction of sp³-hybridized carbons (Fsp3) is 1.00. The van der Waals surface area contributed by atoms with Crippen molar-refractivity contribution in [3.8, 4) is 0 Å². The normalized spacial score (nSPS) is 31.6. The van der Waals surface area contributed by atoms with Gasteiger partial charge in [0.1, 0.15) is 0 Å². The predicted molar refractivity (Wildman–Crippen MR) is 71.9 cm³/mol. The second-order valence-electron chi connectivity index (χ2n) is 6.88. The van der Waals surface area contributed by atoms with Gasteiger partial charge < -0.3 is 10.5 Å². The molecule has 0 aromatic carbocycles. The first-order valence-corrected chi connectivity index (χ1v) is 7.44. The van der Waals surface area contributed by atoms with E-state index >= 15 is 0 Å². The van der Waals surface area contributed by atoms with Crippen LogP contribution in [-0.4, -0.2) is 18.8 Å². The van der Waals surface area contributed by atoms with Crippen molar-refractivity contribution in [2.45, 2.75) is 77.4 Å². The summed E-state index contributed by atoms with van der Waals surface area (Å²) < 4.78 is 5.67. The molecule has 2 rings (SSSR count). The number of rotatable bonds is 4. The van der Waals surface area contributed by atoms with E-state index in [2.05, 4.69) is 13.8 Å². The van der Waals surface area contributed by atoms with Gasteiger partial charge in [-0.1, -0.05) is 13.8 Å². The molecular weight excluding hydrogens is 210 g/mol. The second-order valence-corrected chi connectivity index (χ2v) is 6.88. The molecule has 0 radical (unpaired) electrons. The van der Waals surface area contributed by atoms with Crippen LogP contribution in [0.3, 0.4) is 0 Å². The minimum absolute atomic E-state index is 0.412. The average molecular weight is 239 g/mol. The topological polar surface area (TPSA) is 35.2 Å². The van der Waals surface area contributed by atoms with Crippen LogP contribution in [0, 0.1) is 11.3 Å². The third-order valence-electron chi connectivity index (χ3n) is 4.84. The lowest BCUT2D eigenvalue weighted by Gasteiger charge is -2.37. The number of nitrogens with two attached hydrogens (primary N) is 1. The zero-order valence-electron chi connectivity index (χ0n) is 11.6. The fourth-order valence-electron chi connectivity index (χ4n) is 3.34. The first-order valence-electron chi connectivity index (χ1n) is 7.44. The average Bonchev–Trinajstić information content (AvgIpc) is 2.78. The first-order chi connectivity index (χ1) is 8.07. The van der Waals surface area contributed by atoms with E-state index in [1.54, 1.807) is 0 Å². The van der Waals surface area contributed by atoms with Gasteiger partial charge in [0.15, 0.2) is 0 Å². The summed E-state index contributed by atoms with van der Waals surface area (Å²) in [7, 11) is 0. The van der Waals surface area contributed by atoms with Gasteiger partial charge in [0.05, 0.1) is 6.10 Å². The standard InChI is InChI=1S/C15H29NO/c1-15(2)9-7-12(8-10-15)14(16)6-5-13-4-3-11-17-13/h12-14H,3-11,16H2,1-2H3. The maximum absolute atomic E-state index is 6.36. The van der Waals surface area contributed by atoms with E-state index in [-0.39, 0.29) is 0 Å². The van der Waals surface area contributed by atoms with Crippen LogP contribution < -0.4 is 5.73 Å². The van der Waals surface area contributed by atoms with Gasteiger partial charge in [0.25, 0.3) is 0 Å². The van der Waals surface area contributed by atoms with Gasteiger partial charge in [-0.05, 0) is 62.7 Å². The Morgan fingerprint density at radius 1 is 1.24 bits per heavy atom. The molecule has 1 saturated carbocycles. The van der Waals surface area contributed by atoms with E-state index in [0.717, 1.165) is 18.9 Å². The summed E-state index contributed by atoms with van der Waals surface area (Å²) in [6.07, 6.45) is 10.7. The lowest BCUT2D eigenvalue weighted by Crippen LogP contribution is -2.35. The number of hydrogen-bond donors (Lipinski definition) is 1. The van der Waals surface area contributed by atoms with Gasteiger partial charge in [-0.15, -0.1) is 0 Å². The summed E-state index contributed by atoms with van der Waals surface area (Å²) in [6, 6.07) is 0.412. The lowest BCUT2D eigenvalue weighted by atomic mass is 9.70. The Bertz CT molecular complexity index is 223. The second kappa shape index (κ2) is 5.71. The molecule has 0 bridgehead atoms. The molecule has 2 N–H and O–H groups in total. The van der Waals surface area contributed by atoms with Gasteiger partial charge in [-0.25, -0.2) is 0 Å². The minimum Gasteiger partial charge on any atom is -0.378 e. The molecule has 1 aliphatic carbocycles. The van der Waals surface area contributed by atoms with Gasteiger partial charge >= 0.3 is 0 Å². The maximum atomic E-state index is 6.36. The highest BCUT2D eigenvalue weighted by molar-refractivity contribution is 4.84.